The molecule has 1 aliphatic rings. The van der Waals surface area contributed by atoms with Gasteiger partial charge in [-0.05, 0) is 49.9 Å². The van der Waals surface area contributed by atoms with Crippen LogP contribution < -0.4 is 5.32 Å². The van der Waals surface area contributed by atoms with Crippen LogP contribution in [0, 0.1) is 6.92 Å². The van der Waals surface area contributed by atoms with Crippen molar-refractivity contribution in [3.05, 3.63) is 64.2 Å². The Balaban J connectivity index is 1.85. The average Bonchev–Trinajstić information content (AvgIpc) is 2.73. The highest BCUT2D eigenvalue weighted by molar-refractivity contribution is 7.89. The average molecular weight is 435 g/mol. The van der Waals surface area contributed by atoms with Crippen LogP contribution in [0.2, 0.25) is 5.02 Å². The molecule has 1 aliphatic heterocycles. The van der Waals surface area contributed by atoms with Crippen molar-refractivity contribution in [1.29, 1.82) is 0 Å². The summed E-state index contributed by atoms with van der Waals surface area (Å²) in [6.07, 6.45) is 3.46. The third kappa shape index (κ3) is 5.00. The molecule has 1 amide bonds. The molecule has 2 aromatic rings. The smallest absolute Gasteiger partial charge is 0.253 e. The summed E-state index contributed by atoms with van der Waals surface area (Å²) in [5, 5.41) is 3.22. The number of nitrogens with one attached hydrogen (secondary N) is 1. The molecule has 7 heteroatoms. The minimum atomic E-state index is -3.63. The van der Waals surface area contributed by atoms with Gasteiger partial charge in [-0.1, -0.05) is 54.8 Å². The van der Waals surface area contributed by atoms with E-state index in [9.17, 15) is 13.2 Å². The van der Waals surface area contributed by atoms with Crippen LogP contribution in [0.25, 0.3) is 0 Å². The van der Waals surface area contributed by atoms with Crippen molar-refractivity contribution in [3.63, 3.8) is 0 Å². The number of halogens is 1. The van der Waals surface area contributed by atoms with E-state index in [1.807, 2.05) is 38.1 Å². The SMILES string of the molecule is CC[C@H](NC(=O)c1cc(S(=O)(=O)N2CCCCC2)ccc1Cl)c1ccc(C)cc1. The van der Waals surface area contributed by atoms with Crippen molar-refractivity contribution in [2.75, 3.05) is 13.1 Å². The van der Waals surface area contributed by atoms with E-state index in [-0.39, 0.29) is 27.4 Å². The third-order valence-corrected chi connectivity index (χ3v) is 7.55. The molecule has 0 bridgehead atoms. The number of sulfonamides is 1. The zero-order chi connectivity index (χ0) is 21.0. The van der Waals surface area contributed by atoms with E-state index >= 15 is 0 Å². The molecule has 0 aliphatic carbocycles. The van der Waals surface area contributed by atoms with Gasteiger partial charge >= 0.3 is 0 Å². The Labute approximate surface area is 178 Å². The monoisotopic (exact) mass is 434 g/mol. The van der Waals surface area contributed by atoms with Gasteiger partial charge < -0.3 is 5.32 Å². The molecule has 1 atom stereocenters. The lowest BCUT2D eigenvalue weighted by atomic mass is 10.0. The van der Waals surface area contributed by atoms with Crippen molar-refractivity contribution in [2.45, 2.75) is 50.5 Å². The van der Waals surface area contributed by atoms with E-state index in [2.05, 4.69) is 5.32 Å². The van der Waals surface area contributed by atoms with Crippen LogP contribution in [-0.4, -0.2) is 31.7 Å². The lowest BCUT2D eigenvalue weighted by molar-refractivity contribution is 0.0935. The zero-order valence-electron chi connectivity index (χ0n) is 16.8. The Morgan fingerprint density at radius 1 is 1.10 bits per heavy atom. The Morgan fingerprint density at radius 2 is 1.76 bits per heavy atom. The molecule has 1 N–H and O–H groups in total. The zero-order valence-corrected chi connectivity index (χ0v) is 18.4. The molecule has 3 rings (SSSR count). The molecule has 29 heavy (non-hydrogen) atoms. The molecule has 156 valence electrons. The maximum absolute atomic E-state index is 13.0. The topological polar surface area (TPSA) is 66.5 Å². The summed E-state index contributed by atoms with van der Waals surface area (Å²) >= 11 is 6.25. The van der Waals surface area contributed by atoms with Crippen LogP contribution in [-0.2, 0) is 10.0 Å². The van der Waals surface area contributed by atoms with Crippen LogP contribution in [0.1, 0.15) is 60.1 Å². The minimum Gasteiger partial charge on any atom is -0.345 e. The number of hydrogen-bond acceptors (Lipinski definition) is 3. The molecule has 0 unspecified atom stereocenters. The normalized spacial score (nSPS) is 16.4. The summed E-state index contributed by atoms with van der Waals surface area (Å²) in [7, 11) is -3.63. The molecule has 0 radical (unpaired) electrons. The molecule has 1 fully saturated rings. The van der Waals surface area contributed by atoms with Gasteiger partial charge in [0.2, 0.25) is 10.0 Å². The first-order chi connectivity index (χ1) is 13.8. The highest BCUT2D eigenvalue weighted by Crippen LogP contribution is 2.26. The van der Waals surface area contributed by atoms with Gasteiger partial charge in [0.25, 0.3) is 5.91 Å². The molecule has 1 heterocycles. The van der Waals surface area contributed by atoms with E-state index in [0.717, 1.165) is 30.4 Å². The Morgan fingerprint density at radius 3 is 2.38 bits per heavy atom. The maximum Gasteiger partial charge on any atom is 0.253 e. The fraction of sp³-hybridized carbons (Fsp3) is 0.409. The van der Waals surface area contributed by atoms with Crippen molar-refractivity contribution < 1.29 is 13.2 Å². The van der Waals surface area contributed by atoms with E-state index in [0.29, 0.717) is 19.5 Å². The molecular weight excluding hydrogens is 408 g/mol. The molecule has 0 spiro atoms. The van der Waals surface area contributed by atoms with Crippen LogP contribution >= 0.6 is 11.6 Å². The first-order valence-corrected chi connectivity index (χ1v) is 11.8. The predicted molar refractivity (Wildman–Crippen MR) is 116 cm³/mol. The van der Waals surface area contributed by atoms with E-state index in [1.54, 1.807) is 0 Å². The highest BCUT2D eigenvalue weighted by Gasteiger charge is 2.27. The van der Waals surface area contributed by atoms with Gasteiger partial charge in [0, 0.05) is 13.1 Å². The van der Waals surface area contributed by atoms with Crippen LogP contribution in [0.15, 0.2) is 47.4 Å². The summed E-state index contributed by atoms with van der Waals surface area (Å²) in [6.45, 7) is 5.02. The Bertz CT molecular complexity index is 968. The van der Waals surface area contributed by atoms with E-state index in [4.69, 9.17) is 11.6 Å². The number of hydrogen-bond donors (Lipinski definition) is 1. The van der Waals surface area contributed by atoms with Crippen molar-refractivity contribution in [1.82, 2.24) is 9.62 Å². The standard InChI is InChI=1S/C22H27ClN2O3S/c1-3-21(17-9-7-16(2)8-10-17)24-22(26)19-15-18(11-12-20(19)23)29(27,28)25-13-5-4-6-14-25/h7-12,15,21H,3-6,13-14H2,1-2H3,(H,24,26)/t21-/m0/s1. The van der Waals surface area contributed by atoms with Crippen molar-refractivity contribution in [3.8, 4) is 0 Å². The summed E-state index contributed by atoms with van der Waals surface area (Å²) < 4.78 is 27.4. The first-order valence-electron chi connectivity index (χ1n) is 10.00. The largest absolute Gasteiger partial charge is 0.345 e. The number of benzene rings is 2. The fourth-order valence-corrected chi connectivity index (χ4v) is 5.30. The minimum absolute atomic E-state index is 0.109. The predicted octanol–water partition coefficient (Wildman–Crippen LogP) is 4.70. The Hall–Kier alpha value is -1.89. The number of carbonyl (C=O) groups excluding carboxylic acids is 1. The maximum atomic E-state index is 13.0. The summed E-state index contributed by atoms with van der Waals surface area (Å²) in [4.78, 5) is 13.0. The lowest BCUT2D eigenvalue weighted by Gasteiger charge is -2.26. The van der Waals surface area contributed by atoms with Gasteiger partial charge in [-0.15, -0.1) is 0 Å². The number of nitrogens with zero attached hydrogens (tertiary/aromatic N) is 1. The third-order valence-electron chi connectivity index (χ3n) is 5.33. The summed E-state index contributed by atoms with van der Waals surface area (Å²) in [5.74, 6) is -0.377. The van der Waals surface area contributed by atoms with Gasteiger partial charge in [0.15, 0.2) is 0 Å². The van der Waals surface area contributed by atoms with Crippen molar-refractivity contribution in [2.24, 2.45) is 0 Å². The summed E-state index contributed by atoms with van der Waals surface area (Å²) in [6, 6.07) is 12.2. The van der Waals surface area contributed by atoms with Gasteiger partial charge in [-0.25, -0.2) is 8.42 Å². The van der Waals surface area contributed by atoms with Gasteiger partial charge in [0.05, 0.1) is 21.5 Å². The molecular formula is C22H27ClN2O3S. The van der Waals surface area contributed by atoms with Gasteiger partial charge in [-0.2, -0.15) is 4.31 Å². The van der Waals surface area contributed by atoms with E-state index in [1.165, 1.54) is 22.5 Å². The molecule has 0 aromatic heterocycles. The van der Waals surface area contributed by atoms with Crippen molar-refractivity contribution >= 4 is 27.5 Å². The molecule has 0 saturated carbocycles. The number of rotatable bonds is 6. The fourth-order valence-electron chi connectivity index (χ4n) is 3.55. The number of piperidine rings is 1. The second-order valence-corrected chi connectivity index (χ2v) is 9.80. The molecule has 2 aromatic carbocycles. The number of amides is 1. The second-order valence-electron chi connectivity index (χ2n) is 7.45. The number of aryl methyl sites for hydroxylation is 1. The highest BCUT2D eigenvalue weighted by atomic mass is 35.5. The van der Waals surface area contributed by atoms with Gasteiger partial charge in [0.1, 0.15) is 0 Å². The van der Waals surface area contributed by atoms with Crippen LogP contribution in [0.5, 0.6) is 0 Å². The quantitative estimate of drug-likeness (QED) is 0.716. The van der Waals surface area contributed by atoms with Crippen LogP contribution in [0.3, 0.4) is 0 Å². The number of carbonyl (C=O) groups is 1. The lowest BCUT2D eigenvalue weighted by Crippen LogP contribution is -2.35. The first kappa shape index (κ1) is 21.8. The summed E-state index contributed by atoms with van der Waals surface area (Å²) in [5.41, 5.74) is 2.32. The second kappa shape index (κ2) is 9.28. The Kier molecular flexibility index (Phi) is 6.98. The molecule has 5 nitrogen and oxygen atoms in total. The van der Waals surface area contributed by atoms with Crippen LogP contribution in [0.4, 0.5) is 0 Å². The molecule has 1 saturated heterocycles. The van der Waals surface area contributed by atoms with E-state index < -0.39 is 10.0 Å². The van der Waals surface area contributed by atoms with Gasteiger partial charge in [-0.3, -0.25) is 4.79 Å².